The lowest BCUT2D eigenvalue weighted by Crippen LogP contribution is -2.41. The molecule has 2 rings (SSSR count). The van der Waals surface area contributed by atoms with Gasteiger partial charge >= 0.3 is 0 Å². The Balaban J connectivity index is 1.81. The van der Waals surface area contributed by atoms with Crippen molar-refractivity contribution in [2.75, 3.05) is 12.3 Å². The van der Waals surface area contributed by atoms with Crippen LogP contribution in [0.5, 0.6) is 0 Å². The molecule has 2 aliphatic carbocycles. The lowest BCUT2D eigenvalue weighted by atomic mass is 9.77. The van der Waals surface area contributed by atoms with Crippen molar-refractivity contribution in [2.45, 2.75) is 89.3 Å². The zero-order valence-electron chi connectivity index (χ0n) is 13.7. The number of hydrogen-bond acceptors (Lipinski definition) is 2. The summed E-state index contributed by atoms with van der Waals surface area (Å²) in [6, 6.07) is 0.787. The second-order valence-electron chi connectivity index (χ2n) is 7.00. The predicted octanol–water partition coefficient (Wildman–Crippen LogP) is 5.25. The van der Waals surface area contributed by atoms with Crippen LogP contribution in [-0.4, -0.2) is 23.6 Å². The summed E-state index contributed by atoms with van der Waals surface area (Å²) in [5, 5.41) is 4.87. The van der Waals surface area contributed by atoms with Gasteiger partial charge < -0.3 is 5.32 Å². The Bertz CT molecular complexity index is 250. The molecule has 2 heteroatoms. The third-order valence-electron chi connectivity index (χ3n) is 5.44. The maximum atomic E-state index is 3.89. The van der Waals surface area contributed by atoms with Crippen molar-refractivity contribution in [3.63, 3.8) is 0 Å². The fourth-order valence-electron chi connectivity index (χ4n) is 4.05. The molecule has 0 amide bonds. The fraction of sp³-hybridized carbons (Fsp3) is 1.00. The van der Waals surface area contributed by atoms with Crippen LogP contribution in [0, 0.1) is 11.8 Å². The first-order valence-corrected chi connectivity index (χ1v) is 10.2. The van der Waals surface area contributed by atoms with Crippen molar-refractivity contribution in [1.29, 1.82) is 0 Å². The van der Waals surface area contributed by atoms with Crippen molar-refractivity contribution in [3.05, 3.63) is 0 Å². The molecule has 0 aromatic heterocycles. The summed E-state index contributed by atoms with van der Waals surface area (Å²) in [5.41, 5.74) is 0. The van der Waals surface area contributed by atoms with Crippen molar-refractivity contribution < 1.29 is 0 Å². The molecule has 0 aliphatic heterocycles. The van der Waals surface area contributed by atoms with Gasteiger partial charge in [-0.15, -0.1) is 0 Å². The van der Waals surface area contributed by atoms with Gasteiger partial charge in [-0.05, 0) is 50.5 Å². The molecule has 0 radical (unpaired) electrons. The predicted molar refractivity (Wildman–Crippen MR) is 92.5 cm³/mol. The summed E-state index contributed by atoms with van der Waals surface area (Å²) >= 11 is 2.28. The first kappa shape index (κ1) is 16.7. The molecule has 2 saturated carbocycles. The molecule has 1 N–H and O–H groups in total. The highest BCUT2D eigenvalue weighted by molar-refractivity contribution is 7.99. The first-order chi connectivity index (χ1) is 9.83. The van der Waals surface area contributed by atoms with E-state index in [1.54, 1.807) is 0 Å². The number of rotatable bonds is 8. The average molecular weight is 298 g/mol. The van der Waals surface area contributed by atoms with Gasteiger partial charge in [0.05, 0.1) is 0 Å². The zero-order valence-corrected chi connectivity index (χ0v) is 14.5. The standard InChI is InChI=1S/C18H35NS/c1-3-12-19-18(14-20-17-10-5-6-11-17)16-9-7-8-15(4-2)13-16/h15-19H,3-14H2,1-2H3. The topological polar surface area (TPSA) is 12.0 Å². The van der Waals surface area contributed by atoms with Gasteiger partial charge in [-0.3, -0.25) is 0 Å². The van der Waals surface area contributed by atoms with Crippen molar-refractivity contribution in [3.8, 4) is 0 Å². The Morgan fingerprint density at radius 2 is 1.85 bits per heavy atom. The van der Waals surface area contributed by atoms with E-state index in [4.69, 9.17) is 0 Å². The molecule has 0 bridgehead atoms. The van der Waals surface area contributed by atoms with Gasteiger partial charge in [0.25, 0.3) is 0 Å². The molecule has 0 saturated heterocycles. The summed E-state index contributed by atoms with van der Waals surface area (Å²) in [6.07, 6.45) is 14.5. The third-order valence-corrected chi connectivity index (χ3v) is 6.93. The smallest absolute Gasteiger partial charge is 0.0186 e. The van der Waals surface area contributed by atoms with E-state index in [-0.39, 0.29) is 0 Å². The zero-order chi connectivity index (χ0) is 14.2. The highest BCUT2D eigenvalue weighted by Gasteiger charge is 2.28. The quantitative estimate of drug-likeness (QED) is 0.657. The molecule has 0 aromatic rings. The van der Waals surface area contributed by atoms with Crippen LogP contribution in [0.15, 0.2) is 0 Å². The van der Waals surface area contributed by atoms with E-state index >= 15 is 0 Å². The number of thioether (sulfide) groups is 1. The summed E-state index contributed by atoms with van der Waals surface area (Å²) in [7, 11) is 0. The lowest BCUT2D eigenvalue weighted by Gasteiger charge is -2.35. The summed E-state index contributed by atoms with van der Waals surface area (Å²) in [6.45, 7) is 5.89. The van der Waals surface area contributed by atoms with Gasteiger partial charge in [0.1, 0.15) is 0 Å². The Morgan fingerprint density at radius 3 is 2.55 bits per heavy atom. The normalized spacial score (nSPS) is 29.7. The number of nitrogens with one attached hydrogen (secondary N) is 1. The van der Waals surface area contributed by atoms with Crippen LogP contribution in [0.2, 0.25) is 0 Å². The maximum Gasteiger partial charge on any atom is 0.0186 e. The van der Waals surface area contributed by atoms with Crippen LogP contribution >= 0.6 is 11.8 Å². The molecule has 20 heavy (non-hydrogen) atoms. The van der Waals surface area contributed by atoms with Crippen molar-refractivity contribution >= 4 is 11.8 Å². The van der Waals surface area contributed by atoms with Gasteiger partial charge in [-0.1, -0.05) is 46.0 Å². The van der Waals surface area contributed by atoms with Gasteiger partial charge in [-0.2, -0.15) is 11.8 Å². The van der Waals surface area contributed by atoms with Crippen LogP contribution in [-0.2, 0) is 0 Å². The monoisotopic (exact) mass is 297 g/mol. The van der Waals surface area contributed by atoms with Crippen molar-refractivity contribution in [1.82, 2.24) is 5.32 Å². The van der Waals surface area contributed by atoms with Crippen LogP contribution in [0.25, 0.3) is 0 Å². The first-order valence-electron chi connectivity index (χ1n) is 9.18. The second kappa shape index (κ2) is 9.35. The Hall–Kier alpha value is 0.310. The second-order valence-corrected chi connectivity index (χ2v) is 8.33. The molecule has 0 spiro atoms. The van der Waals surface area contributed by atoms with E-state index in [1.165, 1.54) is 76.5 Å². The average Bonchev–Trinajstić information content (AvgIpc) is 3.01. The van der Waals surface area contributed by atoms with Gasteiger partial charge in [0.15, 0.2) is 0 Å². The molecular weight excluding hydrogens is 262 g/mol. The minimum atomic E-state index is 0.787. The largest absolute Gasteiger partial charge is 0.313 e. The summed E-state index contributed by atoms with van der Waals surface area (Å²) < 4.78 is 0. The van der Waals surface area contributed by atoms with Crippen LogP contribution in [0.1, 0.15) is 78.1 Å². The minimum Gasteiger partial charge on any atom is -0.313 e. The van der Waals surface area contributed by atoms with E-state index < -0.39 is 0 Å². The molecule has 2 fully saturated rings. The van der Waals surface area contributed by atoms with Gasteiger partial charge in [0, 0.05) is 17.0 Å². The van der Waals surface area contributed by atoms with E-state index in [2.05, 4.69) is 30.9 Å². The Kier molecular flexibility index (Phi) is 7.80. The molecule has 0 aromatic carbocycles. The molecule has 3 atom stereocenters. The molecule has 2 aliphatic rings. The lowest BCUT2D eigenvalue weighted by molar-refractivity contribution is 0.218. The Morgan fingerprint density at radius 1 is 1.05 bits per heavy atom. The fourth-order valence-corrected chi connectivity index (χ4v) is 5.59. The van der Waals surface area contributed by atoms with Crippen LogP contribution in [0.3, 0.4) is 0 Å². The molecule has 118 valence electrons. The van der Waals surface area contributed by atoms with Crippen LogP contribution < -0.4 is 5.32 Å². The SMILES string of the molecule is CCCNC(CSC1CCCC1)C1CCCC(CC)C1. The third kappa shape index (κ3) is 5.26. The molecular formula is C18H35NS. The highest BCUT2D eigenvalue weighted by Crippen LogP contribution is 2.36. The summed E-state index contributed by atoms with van der Waals surface area (Å²) in [5.74, 6) is 3.33. The molecule has 3 unspecified atom stereocenters. The van der Waals surface area contributed by atoms with E-state index in [1.807, 2.05) is 0 Å². The van der Waals surface area contributed by atoms with E-state index in [0.717, 1.165) is 23.1 Å². The minimum absolute atomic E-state index is 0.787. The van der Waals surface area contributed by atoms with Crippen molar-refractivity contribution in [2.24, 2.45) is 11.8 Å². The van der Waals surface area contributed by atoms with E-state index in [9.17, 15) is 0 Å². The van der Waals surface area contributed by atoms with Gasteiger partial charge in [-0.25, -0.2) is 0 Å². The molecule has 1 nitrogen and oxygen atoms in total. The Labute approximate surface area is 131 Å². The van der Waals surface area contributed by atoms with Gasteiger partial charge in [0.2, 0.25) is 0 Å². The molecule has 0 heterocycles. The number of hydrogen-bond donors (Lipinski definition) is 1. The summed E-state index contributed by atoms with van der Waals surface area (Å²) in [4.78, 5) is 0. The van der Waals surface area contributed by atoms with Crippen LogP contribution in [0.4, 0.5) is 0 Å². The maximum absolute atomic E-state index is 3.89. The van der Waals surface area contributed by atoms with E-state index in [0.29, 0.717) is 0 Å². The highest BCUT2D eigenvalue weighted by atomic mass is 32.2.